The van der Waals surface area contributed by atoms with Gasteiger partial charge in [-0.2, -0.15) is 0 Å². The van der Waals surface area contributed by atoms with Gasteiger partial charge in [0.25, 0.3) is 6.47 Å². The Balaban J connectivity index is 3.68. The van der Waals surface area contributed by atoms with Crippen LogP contribution in [-0.2, 0) is 9.53 Å². The van der Waals surface area contributed by atoms with E-state index < -0.39 is 0 Å². The molecule has 0 fully saturated rings. The summed E-state index contributed by atoms with van der Waals surface area (Å²) >= 11 is 0. The van der Waals surface area contributed by atoms with E-state index in [1.165, 1.54) is 13.0 Å². The number of rotatable bonds is 8. The van der Waals surface area contributed by atoms with Gasteiger partial charge >= 0.3 is 0 Å². The van der Waals surface area contributed by atoms with Gasteiger partial charge < -0.3 is 13.7 Å². The van der Waals surface area contributed by atoms with Crippen molar-refractivity contribution in [3.8, 4) is 0 Å². The lowest BCUT2D eigenvalue weighted by molar-refractivity contribution is -0.902. The Labute approximate surface area is 93.6 Å². The van der Waals surface area contributed by atoms with Gasteiger partial charge in [-0.25, -0.2) is 0 Å². The van der Waals surface area contributed by atoms with E-state index in [0.717, 1.165) is 22.1 Å². The molecule has 0 spiro atoms. The third-order valence-electron chi connectivity index (χ3n) is 2.47. The van der Waals surface area contributed by atoms with Crippen LogP contribution in [0.1, 0.15) is 6.42 Å². The van der Waals surface area contributed by atoms with Crippen LogP contribution in [0.3, 0.4) is 0 Å². The monoisotopic (exact) mass is 218 g/mol. The molecule has 4 heteroatoms. The highest BCUT2D eigenvalue weighted by Crippen LogP contribution is 2.02. The van der Waals surface area contributed by atoms with E-state index in [1.807, 2.05) is 0 Å². The van der Waals surface area contributed by atoms with Crippen LogP contribution in [0.5, 0.6) is 0 Å². The maximum atomic E-state index is 10.0. The molecular weight excluding hydrogens is 192 g/mol. The first-order valence-electron chi connectivity index (χ1n) is 5.44. The van der Waals surface area contributed by atoms with Gasteiger partial charge in [0.2, 0.25) is 0 Å². The Morgan fingerprint density at radius 2 is 1.60 bits per heavy atom. The molecule has 0 heterocycles. The zero-order valence-corrected chi connectivity index (χ0v) is 10.8. The molecule has 90 valence electrons. The maximum absolute atomic E-state index is 10.0. The van der Waals surface area contributed by atoms with Gasteiger partial charge in [-0.15, -0.1) is 0 Å². The summed E-state index contributed by atoms with van der Waals surface area (Å²) in [5, 5.41) is 0. The predicted molar refractivity (Wildman–Crippen MR) is 61.4 cm³/mol. The molecule has 0 saturated carbocycles. The zero-order chi connectivity index (χ0) is 11.9. The molecule has 0 aromatic carbocycles. The minimum atomic E-state index is 0.515. The van der Waals surface area contributed by atoms with Crippen LogP contribution in [0.25, 0.3) is 0 Å². The van der Waals surface area contributed by atoms with Gasteiger partial charge in [-0.3, -0.25) is 4.79 Å². The molecule has 0 unspecified atom stereocenters. The minimum Gasteiger partial charge on any atom is -0.462 e. The van der Waals surface area contributed by atoms with Crippen LogP contribution < -0.4 is 0 Å². The minimum absolute atomic E-state index is 0.515. The number of likely N-dealkylation sites (N-methyl/N-ethyl adjacent to an activating group) is 1. The van der Waals surface area contributed by atoms with Crippen LogP contribution in [-0.4, -0.2) is 76.9 Å². The molecule has 0 aromatic heterocycles. The number of hydrogen-bond acceptors (Lipinski definition) is 2. The molecule has 0 aliphatic heterocycles. The second-order valence-corrected chi connectivity index (χ2v) is 5.72. The molecule has 0 bridgehead atoms. The molecule has 0 aliphatic rings. The molecule has 0 aliphatic carbocycles. The van der Waals surface area contributed by atoms with Gasteiger partial charge in [0.1, 0.15) is 13.2 Å². The van der Waals surface area contributed by atoms with Crippen LogP contribution >= 0.6 is 0 Å². The van der Waals surface area contributed by atoms with E-state index in [9.17, 15) is 4.79 Å². The predicted octanol–water partition coefficient (Wildman–Crippen LogP) is 0.332. The summed E-state index contributed by atoms with van der Waals surface area (Å²) in [7, 11) is 11.0. The van der Waals surface area contributed by atoms with E-state index in [0.29, 0.717) is 13.1 Å². The fourth-order valence-electron chi connectivity index (χ4n) is 1.43. The van der Waals surface area contributed by atoms with Gasteiger partial charge in [0.15, 0.2) is 0 Å². The molecule has 0 radical (unpaired) electrons. The number of quaternary nitrogens is 2. The van der Waals surface area contributed by atoms with Crippen molar-refractivity contribution in [2.24, 2.45) is 0 Å². The zero-order valence-electron chi connectivity index (χ0n) is 10.8. The van der Waals surface area contributed by atoms with E-state index in [2.05, 4.69) is 35.2 Å². The van der Waals surface area contributed by atoms with Crippen molar-refractivity contribution in [2.45, 2.75) is 6.42 Å². The summed E-state index contributed by atoms with van der Waals surface area (Å²) in [4.78, 5) is 10.0. The Hall–Kier alpha value is -0.610. The van der Waals surface area contributed by atoms with E-state index in [4.69, 9.17) is 4.74 Å². The van der Waals surface area contributed by atoms with Gasteiger partial charge in [-0.05, 0) is 0 Å². The van der Waals surface area contributed by atoms with E-state index in [-0.39, 0.29) is 0 Å². The van der Waals surface area contributed by atoms with E-state index >= 15 is 0 Å². The third-order valence-corrected chi connectivity index (χ3v) is 2.47. The average Bonchev–Trinajstić information content (AvgIpc) is 2.01. The number of carbonyl (C=O) groups excluding carboxylic acids is 1. The highest BCUT2D eigenvalue weighted by atomic mass is 16.5. The van der Waals surface area contributed by atoms with Crippen molar-refractivity contribution in [1.29, 1.82) is 0 Å². The molecule has 0 N–H and O–H groups in total. The number of carbonyl (C=O) groups is 1. The lowest BCUT2D eigenvalue weighted by Gasteiger charge is -2.31. The number of ether oxygens (including phenoxy) is 1. The Bertz CT molecular complexity index is 186. The summed E-state index contributed by atoms with van der Waals surface area (Å²) in [6.45, 7) is 4.22. The molecule has 0 saturated heterocycles. The first-order valence-corrected chi connectivity index (χ1v) is 5.44. The molecule has 15 heavy (non-hydrogen) atoms. The number of hydrogen-bond donors (Lipinski definition) is 0. The molecular formula is C11H26N2O2+2. The highest BCUT2D eigenvalue weighted by Gasteiger charge is 2.16. The molecule has 0 atom stereocenters. The van der Waals surface area contributed by atoms with Gasteiger partial charge in [-0.1, -0.05) is 0 Å². The quantitative estimate of drug-likeness (QED) is 0.333. The highest BCUT2D eigenvalue weighted by molar-refractivity contribution is 5.36. The topological polar surface area (TPSA) is 26.3 Å². The Kier molecular flexibility index (Phi) is 5.83. The number of nitrogens with zero attached hydrogens (tertiary/aromatic N) is 2. The largest absolute Gasteiger partial charge is 0.462 e. The first-order chi connectivity index (χ1) is 6.77. The van der Waals surface area contributed by atoms with Gasteiger partial charge in [0.05, 0.1) is 48.3 Å². The van der Waals surface area contributed by atoms with Gasteiger partial charge in [0, 0.05) is 6.42 Å². The Morgan fingerprint density at radius 3 is 2.07 bits per heavy atom. The molecule has 0 aromatic rings. The summed E-state index contributed by atoms with van der Waals surface area (Å²) in [6.07, 6.45) is 1.19. The van der Waals surface area contributed by atoms with Crippen molar-refractivity contribution >= 4 is 6.47 Å². The van der Waals surface area contributed by atoms with Crippen molar-refractivity contribution in [3.05, 3.63) is 0 Å². The fraction of sp³-hybridized carbons (Fsp3) is 0.909. The lowest BCUT2D eigenvalue weighted by atomic mass is 10.3. The Morgan fingerprint density at radius 1 is 1.00 bits per heavy atom. The standard InChI is InChI=1S/C11H26N2O2/c1-12(2,3)7-6-8-13(4,5)9-10-15-11-14/h11H,6-10H2,1-5H3/q+2. The maximum Gasteiger partial charge on any atom is 0.293 e. The van der Waals surface area contributed by atoms with Crippen molar-refractivity contribution in [1.82, 2.24) is 0 Å². The summed E-state index contributed by atoms with van der Waals surface area (Å²) in [6, 6.07) is 0. The fourth-order valence-corrected chi connectivity index (χ4v) is 1.43. The summed E-state index contributed by atoms with van der Waals surface area (Å²) in [5.74, 6) is 0. The second kappa shape index (κ2) is 6.08. The van der Waals surface area contributed by atoms with Crippen molar-refractivity contribution in [3.63, 3.8) is 0 Å². The summed E-state index contributed by atoms with van der Waals surface area (Å²) < 4.78 is 6.63. The van der Waals surface area contributed by atoms with Crippen molar-refractivity contribution in [2.75, 3.05) is 61.5 Å². The summed E-state index contributed by atoms with van der Waals surface area (Å²) in [5.41, 5.74) is 0. The van der Waals surface area contributed by atoms with Crippen LogP contribution in [0.2, 0.25) is 0 Å². The van der Waals surface area contributed by atoms with Crippen molar-refractivity contribution < 1.29 is 18.5 Å². The average molecular weight is 218 g/mol. The molecule has 4 nitrogen and oxygen atoms in total. The third kappa shape index (κ3) is 9.69. The lowest BCUT2D eigenvalue weighted by Crippen LogP contribution is -2.45. The SMILES string of the molecule is C[N+](C)(C)CCC[N+](C)(C)CCOC=O. The van der Waals surface area contributed by atoms with E-state index in [1.54, 1.807) is 0 Å². The van der Waals surface area contributed by atoms with Crippen LogP contribution in [0.15, 0.2) is 0 Å². The molecule has 0 amide bonds. The smallest absolute Gasteiger partial charge is 0.293 e. The second-order valence-electron chi connectivity index (χ2n) is 5.72. The van der Waals surface area contributed by atoms with Crippen LogP contribution in [0.4, 0.5) is 0 Å². The van der Waals surface area contributed by atoms with Crippen LogP contribution in [0, 0.1) is 0 Å². The molecule has 0 rings (SSSR count). The first kappa shape index (κ1) is 14.4. The normalized spacial score (nSPS) is 12.6.